The molecule has 2 N–H and O–H groups in total. The third-order valence-electron chi connectivity index (χ3n) is 5.31. The SMILES string of the molecule is CC1=C(C(=O)Nc2cccnc2)[C@H](c2cccnc2)n2nc(SCc3ccccc3Cl)nc2N1. The number of anilines is 2. The number of pyridine rings is 2. The number of fused-ring (bicyclic) bond motifs is 1. The normalized spacial score (nSPS) is 14.9. The molecule has 10 heteroatoms. The molecule has 1 atom stereocenters. The van der Waals surface area contributed by atoms with Crippen LogP contribution in [0, 0.1) is 0 Å². The van der Waals surface area contributed by atoms with Gasteiger partial charge in [0, 0.05) is 35.1 Å². The third kappa shape index (κ3) is 4.52. The average Bonchev–Trinajstić information content (AvgIpc) is 3.26. The Morgan fingerprint density at radius 1 is 1.12 bits per heavy atom. The van der Waals surface area contributed by atoms with Gasteiger partial charge in [-0.3, -0.25) is 14.8 Å². The number of aromatic nitrogens is 5. The van der Waals surface area contributed by atoms with Crippen molar-refractivity contribution in [1.29, 1.82) is 0 Å². The Labute approximate surface area is 205 Å². The number of benzene rings is 1. The summed E-state index contributed by atoms with van der Waals surface area (Å²) in [6.07, 6.45) is 6.70. The minimum atomic E-state index is -0.496. The van der Waals surface area contributed by atoms with Gasteiger partial charge in [-0.1, -0.05) is 47.6 Å². The average molecular weight is 490 g/mol. The van der Waals surface area contributed by atoms with Gasteiger partial charge in [-0.05, 0) is 42.3 Å². The summed E-state index contributed by atoms with van der Waals surface area (Å²) in [5.74, 6) is 0.936. The van der Waals surface area contributed by atoms with Gasteiger partial charge in [-0.2, -0.15) is 4.98 Å². The van der Waals surface area contributed by atoms with Gasteiger partial charge in [0.05, 0.1) is 17.5 Å². The van der Waals surface area contributed by atoms with Crippen molar-refractivity contribution in [3.63, 3.8) is 0 Å². The number of halogens is 1. The third-order valence-corrected chi connectivity index (χ3v) is 6.57. The number of allylic oxidation sites excluding steroid dienone is 1. The Hall–Kier alpha value is -3.69. The molecule has 1 aromatic carbocycles. The van der Waals surface area contributed by atoms with Crippen LogP contribution in [-0.4, -0.2) is 30.6 Å². The largest absolute Gasteiger partial charge is 0.328 e. The first-order chi connectivity index (χ1) is 16.6. The predicted molar refractivity (Wildman–Crippen MR) is 133 cm³/mol. The summed E-state index contributed by atoms with van der Waals surface area (Å²) in [6.45, 7) is 1.86. The summed E-state index contributed by atoms with van der Waals surface area (Å²) in [7, 11) is 0. The van der Waals surface area contributed by atoms with Gasteiger partial charge in [-0.15, -0.1) is 5.10 Å². The van der Waals surface area contributed by atoms with Crippen LogP contribution in [0.15, 0.2) is 89.7 Å². The van der Waals surface area contributed by atoms with Crippen molar-refractivity contribution in [2.45, 2.75) is 23.9 Å². The molecule has 0 unspecified atom stereocenters. The molecule has 4 aromatic rings. The molecule has 1 amide bonds. The predicted octanol–water partition coefficient (Wildman–Crippen LogP) is 4.94. The van der Waals surface area contributed by atoms with Gasteiger partial charge in [0.1, 0.15) is 6.04 Å². The fraction of sp³-hybridized carbons (Fsp3) is 0.125. The van der Waals surface area contributed by atoms with E-state index in [4.69, 9.17) is 16.7 Å². The lowest BCUT2D eigenvalue weighted by Crippen LogP contribution is -2.31. The molecule has 8 nitrogen and oxygen atoms in total. The standard InChI is InChI=1S/C24H20ClN7OS/c1-15-20(22(33)29-18-8-5-11-27-13-18)21(16-7-4-10-26-12-16)32-23(28-15)30-24(31-32)34-14-17-6-2-3-9-19(17)25/h2-13,21H,14H2,1H3,(H,29,33)(H,28,30,31)/t21-/m0/s1. The second-order valence-corrected chi connectivity index (χ2v) is 8.94. The first kappa shape index (κ1) is 22.1. The molecule has 170 valence electrons. The van der Waals surface area contributed by atoms with Crippen LogP contribution in [0.3, 0.4) is 0 Å². The molecule has 0 aliphatic carbocycles. The summed E-state index contributed by atoms with van der Waals surface area (Å²) in [4.78, 5) is 26.4. The molecular formula is C24H20ClN7OS. The van der Waals surface area contributed by atoms with Crippen LogP contribution in [0.4, 0.5) is 11.6 Å². The van der Waals surface area contributed by atoms with Crippen molar-refractivity contribution in [3.05, 3.63) is 101 Å². The lowest BCUT2D eigenvalue weighted by molar-refractivity contribution is -0.113. The number of nitrogens with zero attached hydrogens (tertiary/aromatic N) is 5. The van der Waals surface area contributed by atoms with Gasteiger partial charge in [-0.25, -0.2) is 4.68 Å². The number of carbonyl (C=O) groups excluding carboxylic acids is 1. The molecule has 1 aliphatic rings. The Morgan fingerprint density at radius 3 is 2.65 bits per heavy atom. The van der Waals surface area contributed by atoms with Crippen molar-refractivity contribution in [2.75, 3.05) is 10.6 Å². The molecular weight excluding hydrogens is 470 g/mol. The number of rotatable bonds is 6. The molecule has 4 heterocycles. The zero-order chi connectivity index (χ0) is 23.5. The van der Waals surface area contributed by atoms with Crippen LogP contribution in [0.5, 0.6) is 0 Å². The first-order valence-electron chi connectivity index (χ1n) is 10.5. The highest BCUT2D eigenvalue weighted by molar-refractivity contribution is 7.98. The second kappa shape index (κ2) is 9.66. The molecule has 0 fully saturated rings. The topological polar surface area (TPSA) is 97.6 Å². The first-order valence-corrected chi connectivity index (χ1v) is 11.9. The van der Waals surface area contributed by atoms with E-state index in [-0.39, 0.29) is 5.91 Å². The minimum absolute atomic E-state index is 0.252. The molecule has 0 spiro atoms. The number of nitrogens with one attached hydrogen (secondary N) is 2. The number of hydrogen-bond donors (Lipinski definition) is 2. The molecule has 0 radical (unpaired) electrons. The summed E-state index contributed by atoms with van der Waals surface area (Å²) in [5, 5.41) is 12.2. The molecule has 5 rings (SSSR count). The van der Waals surface area contributed by atoms with E-state index in [0.717, 1.165) is 11.1 Å². The Bertz CT molecular complexity index is 1360. The minimum Gasteiger partial charge on any atom is -0.328 e. The van der Waals surface area contributed by atoms with Crippen LogP contribution in [0.1, 0.15) is 24.1 Å². The summed E-state index contributed by atoms with van der Waals surface area (Å²) in [5.41, 5.74) is 3.66. The van der Waals surface area contributed by atoms with Crippen molar-refractivity contribution >= 4 is 40.9 Å². The maximum Gasteiger partial charge on any atom is 0.255 e. The molecule has 34 heavy (non-hydrogen) atoms. The Morgan fingerprint density at radius 2 is 1.91 bits per heavy atom. The van der Waals surface area contributed by atoms with Crippen LogP contribution in [0.2, 0.25) is 5.02 Å². The highest BCUT2D eigenvalue weighted by atomic mass is 35.5. The molecule has 3 aromatic heterocycles. The Balaban J connectivity index is 1.48. The van der Waals surface area contributed by atoms with Crippen molar-refractivity contribution in [1.82, 2.24) is 24.7 Å². The van der Waals surface area contributed by atoms with Crippen molar-refractivity contribution < 1.29 is 4.79 Å². The van der Waals surface area contributed by atoms with Crippen LogP contribution >= 0.6 is 23.4 Å². The van der Waals surface area contributed by atoms with E-state index in [1.165, 1.54) is 11.8 Å². The quantitative estimate of drug-likeness (QED) is 0.370. The number of thioether (sulfide) groups is 1. The van der Waals surface area contributed by atoms with E-state index in [0.29, 0.717) is 38.8 Å². The zero-order valence-electron chi connectivity index (χ0n) is 18.1. The van der Waals surface area contributed by atoms with E-state index in [1.54, 1.807) is 41.6 Å². The number of amides is 1. The fourth-order valence-electron chi connectivity index (χ4n) is 3.73. The number of hydrogen-bond acceptors (Lipinski definition) is 7. The van der Waals surface area contributed by atoms with Crippen LogP contribution in [-0.2, 0) is 10.5 Å². The zero-order valence-corrected chi connectivity index (χ0v) is 19.7. The van der Waals surface area contributed by atoms with Crippen LogP contribution < -0.4 is 10.6 Å². The van der Waals surface area contributed by atoms with Crippen molar-refractivity contribution in [3.8, 4) is 0 Å². The summed E-state index contributed by atoms with van der Waals surface area (Å²) >= 11 is 7.78. The van der Waals surface area contributed by atoms with Crippen molar-refractivity contribution in [2.24, 2.45) is 0 Å². The Kier molecular flexibility index (Phi) is 6.29. The lowest BCUT2D eigenvalue weighted by Gasteiger charge is -2.28. The van der Waals surface area contributed by atoms with Crippen LogP contribution in [0.25, 0.3) is 0 Å². The summed E-state index contributed by atoms with van der Waals surface area (Å²) < 4.78 is 1.73. The monoisotopic (exact) mass is 489 g/mol. The fourth-order valence-corrected chi connectivity index (χ4v) is 4.84. The highest BCUT2D eigenvalue weighted by Crippen LogP contribution is 2.37. The molecule has 0 saturated carbocycles. The lowest BCUT2D eigenvalue weighted by atomic mass is 9.96. The highest BCUT2D eigenvalue weighted by Gasteiger charge is 2.34. The van der Waals surface area contributed by atoms with E-state index in [9.17, 15) is 4.79 Å². The van der Waals surface area contributed by atoms with E-state index < -0.39 is 6.04 Å². The van der Waals surface area contributed by atoms with Gasteiger partial charge in [0.25, 0.3) is 5.91 Å². The van der Waals surface area contributed by atoms with Gasteiger partial charge < -0.3 is 10.6 Å². The molecule has 0 saturated heterocycles. The smallest absolute Gasteiger partial charge is 0.255 e. The molecule has 1 aliphatic heterocycles. The maximum absolute atomic E-state index is 13.4. The van der Waals surface area contributed by atoms with Gasteiger partial charge >= 0.3 is 0 Å². The maximum atomic E-state index is 13.4. The number of carbonyl (C=O) groups is 1. The van der Waals surface area contributed by atoms with Gasteiger partial charge in [0.2, 0.25) is 11.1 Å². The summed E-state index contributed by atoms with van der Waals surface area (Å²) in [6, 6.07) is 14.5. The van der Waals surface area contributed by atoms with E-state index in [2.05, 4.69) is 25.6 Å². The molecule has 0 bridgehead atoms. The second-order valence-electron chi connectivity index (χ2n) is 7.59. The van der Waals surface area contributed by atoms with E-state index in [1.807, 2.05) is 43.3 Å². The van der Waals surface area contributed by atoms with Gasteiger partial charge in [0.15, 0.2) is 0 Å². The van der Waals surface area contributed by atoms with E-state index >= 15 is 0 Å².